The molecular weight excluding hydrogens is 266 g/mol. The van der Waals surface area contributed by atoms with Crippen molar-refractivity contribution in [3.05, 3.63) is 16.7 Å². The molecule has 2 N–H and O–H groups in total. The zero-order valence-electron chi connectivity index (χ0n) is 11.3. The summed E-state index contributed by atoms with van der Waals surface area (Å²) in [6, 6.07) is 1.58. The molecule has 0 bridgehead atoms. The zero-order chi connectivity index (χ0) is 13.8. The standard InChI is InChI=1S/C14H20ClNO3/c1-18-12-8-11(15)13(17)10(14(12)19-2)7-9-3-5-16-6-4-9/h8-9,16-17H,3-7H2,1-2H3. The van der Waals surface area contributed by atoms with Crippen LogP contribution in [-0.2, 0) is 6.42 Å². The lowest BCUT2D eigenvalue weighted by atomic mass is 9.90. The molecule has 0 aromatic heterocycles. The number of piperidine rings is 1. The predicted octanol–water partition coefficient (Wildman–Crippen LogP) is 2.60. The average molecular weight is 286 g/mol. The van der Waals surface area contributed by atoms with Crippen molar-refractivity contribution in [1.29, 1.82) is 0 Å². The Hall–Kier alpha value is -1.13. The van der Waals surface area contributed by atoms with Crippen molar-refractivity contribution in [2.75, 3.05) is 27.3 Å². The van der Waals surface area contributed by atoms with E-state index in [1.807, 2.05) is 0 Å². The average Bonchev–Trinajstić information content (AvgIpc) is 2.44. The summed E-state index contributed by atoms with van der Waals surface area (Å²) in [5, 5.41) is 13.8. The van der Waals surface area contributed by atoms with E-state index in [4.69, 9.17) is 21.1 Å². The molecule has 0 unspecified atom stereocenters. The number of phenols is 1. The van der Waals surface area contributed by atoms with E-state index in [0.717, 1.165) is 37.9 Å². The number of hydrogen-bond donors (Lipinski definition) is 2. The SMILES string of the molecule is COc1cc(Cl)c(O)c(CC2CCNCC2)c1OC. The highest BCUT2D eigenvalue weighted by atomic mass is 35.5. The molecule has 1 aliphatic heterocycles. The van der Waals surface area contributed by atoms with E-state index >= 15 is 0 Å². The molecule has 0 radical (unpaired) electrons. The molecule has 1 aliphatic rings. The summed E-state index contributed by atoms with van der Waals surface area (Å²) in [7, 11) is 3.15. The lowest BCUT2D eigenvalue weighted by Gasteiger charge is -2.24. The minimum atomic E-state index is 0.109. The van der Waals surface area contributed by atoms with Gasteiger partial charge in [-0.05, 0) is 38.3 Å². The van der Waals surface area contributed by atoms with Crippen LogP contribution in [0.1, 0.15) is 18.4 Å². The van der Waals surface area contributed by atoms with Gasteiger partial charge in [-0.15, -0.1) is 0 Å². The lowest BCUT2D eigenvalue weighted by molar-refractivity contribution is 0.332. The maximum absolute atomic E-state index is 10.2. The highest BCUT2D eigenvalue weighted by Crippen LogP contribution is 2.43. The maximum Gasteiger partial charge on any atom is 0.167 e. The maximum atomic E-state index is 10.2. The molecule has 1 fully saturated rings. The smallest absolute Gasteiger partial charge is 0.167 e. The third-order valence-corrected chi connectivity index (χ3v) is 3.93. The normalized spacial score (nSPS) is 16.4. The number of benzene rings is 1. The molecule has 4 nitrogen and oxygen atoms in total. The van der Waals surface area contributed by atoms with Gasteiger partial charge in [-0.1, -0.05) is 11.6 Å². The molecule has 1 aromatic rings. The van der Waals surface area contributed by atoms with Gasteiger partial charge in [0, 0.05) is 11.6 Å². The van der Waals surface area contributed by atoms with Crippen molar-refractivity contribution in [3.63, 3.8) is 0 Å². The fourth-order valence-electron chi connectivity index (χ4n) is 2.59. The summed E-state index contributed by atoms with van der Waals surface area (Å²) < 4.78 is 10.7. The first kappa shape index (κ1) is 14.3. The van der Waals surface area contributed by atoms with E-state index in [1.54, 1.807) is 20.3 Å². The molecule has 19 heavy (non-hydrogen) atoms. The van der Waals surface area contributed by atoms with Crippen molar-refractivity contribution in [1.82, 2.24) is 5.32 Å². The molecule has 0 aliphatic carbocycles. The van der Waals surface area contributed by atoms with Crippen molar-refractivity contribution in [2.45, 2.75) is 19.3 Å². The summed E-state index contributed by atoms with van der Waals surface area (Å²) in [5.41, 5.74) is 0.749. The highest BCUT2D eigenvalue weighted by molar-refractivity contribution is 6.32. The first-order valence-corrected chi connectivity index (χ1v) is 6.88. The molecule has 0 atom stereocenters. The van der Waals surface area contributed by atoms with Gasteiger partial charge >= 0.3 is 0 Å². The van der Waals surface area contributed by atoms with Crippen LogP contribution >= 0.6 is 11.6 Å². The number of ether oxygens (including phenoxy) is 2. The molecule has 106 valence electrons. The molecule has 2 rings (SSSR count). The Morgan fingerprint density at radius 3 is 2.58 bits per heavy atom. The van der Waals surface area contributed by atoms with Crippen LogP contribution < -0.4 is 14.8 Å². The first-order valence-electron chi connectivity index (χ1n) is 6.50. The van der Waals surface area contributed by atoms with Gasteiger partial charge < -0.3 is 19.9 Å². The van der Waals surface area contributed by atoms with E-state index in [-0.39, 0.29) is 5.75 Å². The summed E-state index contributed by atoms with van der Waals surface area (Å²) in [6.45, 7) is 2.04. The van der Waals surface area contributed by atoms with Crippen LogP contribution in [0.5, 0.6) is 17.2 Å². The van der Waals surface area contributed by atoms with Crippen molar-refractivity contribution < 1.29 is 14.6 Å². The van der Waals surface area contributed by atoms with E-state index in [0.29, 0.717) is 22.4 Å². The molecule has 0 spiro atoms. The second kappa shape index (κ2) is 6.35. The van der Waals surface area contributed by atoms with E-state index in [1.165, 1.54) is 0 Å². The molecule has 0 amide bonds. The summed E-state index contributed by atoms with van der Waals surface area (Å²) in [5.74, 6) is 1.79. The molecule has 1 aromatic carbocycles. The van der Waals surface area contributed by atoms with Crippen molar-refractivity contribution in [3.8, 4) is 17.2 Å². The predicted molar refractivity (Wildman–Crippen MR) is 75.5 cm³/mol. The Balaban J connectivity index is 2.33. The van der Waals surface area contributed by atoms with Gasteiger partial charge in [0.2, 0.25) is 0 Å². The summed E-state index contributed by atoms with van der Waals surface area (Å²) in [6.07, 6.45) is 2.95. The monoisotopic (exact) mass is 285 g/mol. The van der Waals surface area contributed by atoms with Crippen LogP contribution in [0.25, 0.3) is 0 Å². The van der Waals surface area contributed by atoms with Crippen LogP contribution in [-0.4, -0.2) is 32.4 Å². The summed E-state index contributed by atoms with van der Waals surface area (Å²) in [4.78, 5) is 0. The van der Waals surface area contributed by atoms with E-state index < -0.39 is 0 Å². The number of methoxy groups -OCH3 is 2. The second-order valence-electron chi connectivity index (χ2n) is 4.82. The molecular formula is C14H20ClNO3. The van der Waals surface area contributed by atoms with Crippen molar-refractivity contribution >= 4 is 11.6 Å². The van der Waals surface area contributed by atoms with Crippen LogP contribution in [0.2, 0.25) is 5.02 Å². The summed E-state index contributed by atoms with van der Waals surface area (Å²) >= 11 is 6.05. The Morgan fingerprint density at radius 1 is 1.32 bits per heavy atom. The van der Waals surface area contributed by atoms with Crippen LogP contribution in [0, 0.1) is 5.92 Å². The van der Waals surface area contributed by atoms with Crippen LogP contribution in [0.4, 0.5) is 0 Å². The Labute approximate surface area is 118 Å². The van der Waals surface area contributed by atoms with E-state index in [2.05, 4.69) is 5.32 Å². The molecule has 1 saturated heterocycles. The van der Waals surface area contributed by atoms with Gasteiger partial charge in [0.15, 0.2) is 11.5 Å². The van der Waals surface area contributed by atoms with Gasteiger partial charge in [-0.25, -0.2) is 0 Å². The first-order chi connectivity index (χ1) is 9.17. The number of aromatic hydroxyl groups is 1. The Morgan fingerprint density at radius 2 is 2.00 bits per heavy atom. The van der Waals surface area contributed by atoms with Gasteiger partial charge in [0.25, 0.3) is 0 Å². The molecule has 1 heterocycles. The largest absolute Gasteiger partial charge is 0.506 e. The highest BCUT2D eigenvalue weighted by Gasteiger charge is 2.22. The number of rotatable bonds is 4. The second-order valence-corrected chi connectivity index (χ2v) is 5.23. The quantitative estimate of drug-likeness (QED) is 0.893. The van der Waals surface area contributed by atoms with Crippen LogP contribution in [0.3, 0.4) is 0 Å². The lowest BCUT2D eigenvalue weighted by Crippen LogP contribution is -2.28. The fraction of sp³-hybridized carbons (Fsp3) is 0.571. The Bertz CT molecular complexity index is 445. The number of phenolic OH excluding ortho intramolecular Hbond substituents is 1. The van der Waals surface area contributed by atoms with Crippen molar-refractivity contribution in [2.24, 2.45) is 5.92 Å². The minimum Gasteiger partial charge on any atom is -0.506 e. The number of hydrogen-bond acceptors (Lipinski definition) is 4. The van der Waals surface area contributed by atoms with Gasteiger partial charge in [-0.2, -0.15) is 0 Å². The topological polar surface area (TPSA) is 50.7 Å². The third-order valence-electron chi connectivity index (χ3n) is 3.64. The number of halogens is 1. The molecule has 0 saturated carbocycles. The zero-order valence-corrected chi connectivity index (χ0v) is 12.1. The van der Waals surface area contributed by atoms with Gasteiger partial charge in [0.05, 0.1) is 19.2 Å². The van der Waals surface area contributed by atoms with Gasteiger partial charge in [0.1, 0.15) is 5.75 Å². The molecule has 5 heteroatoms. The minimum absolute atomic E-state index is 0.109. The van der Waals surface area contributed by atoms with Crippen LogP contribution in [0.15, 0.2) is 6.07 Å². The van der Waals surface area contributed by atoms with Gasteiger partial charge in [-0.3, -0.25) is 0 Å². The Kier molecular flexibility index (Phi) is 4.77. The number of nitrogens with one attached hydrogen (secondary N) is 1. The van der Waals surface area contributed by atoms with E-state index in [9.17, 15) is 5.11 Å². The third kappa shape index (κ3) is 3.07. The fourth-order valence-corrected chi connectivity index (χ4v) is 2.80.